The average molecular weight is 261 g/mol. The largest absolute Gasteiger partial charge is 0.383 e. The van der Waals surface area contributed by atoms with Gasteiger partial charge in [-0.05, 0) is 19.1 Å². The van der Waals surface area contributed by atoms with Crippen molar-refractivity contribution >= 4 is 35.3 Å². The molecule has 86 valence electrons. The lowest BCUT2D eigenvalue weighted by Gasteiger charge is -2.02. The van der Waals surface area contributed by atoms with E-state index in [1.165, 1.54) is 13.1 Å². The van der Waals surface area contributed by atoms with Gasteiger partial charge >= 0.3 is 0 Å². The van der Waals surface area contributed by atoms with Gasteiger partial charge in [0, 0.05) is 5.56 Å². The fraction of sp³-hybridized carbons (Fsp3) is 0.200. The van der Waals surface area contributed by atoms with Crippen LogP contribution in [0, 0.1) is 0 Å². The first-order valence-corrected chi connectivity index (χ1v) is 5.23. The molecular weight excluding hydrogens is 251 g/mol. The number of carbonyl (C=O) groups is 1. The summed E-state index contributed by atoms with van der Waals surface area (Å²) in [5.41, 5.74) is 2.66. The number of nitrogens with zero attached hydrogens (tertiary/aromatic N) is 1. The highest BCUT2D eigenvalue weighted by Crippen LogP contribution is 2.21. The van der Waals surface area contributed by atoms with E-state index in [0.29, 0.717) is 15.6 Å². The van der Waals surface area contributed by atoms with Crippen molar-refractivity contribution in [2.45, 2.75) is 13.0 Å². The molecule has 1 aromatic rings. The summed E-state index contributed by atoms with van der Waals surface area (Å²) in [5.74, 6) is -0.598. The lowest BCUT2D eigenvalue weighted by molar-refractivity contribution is -0.128. The Balaban J connectivity index is 2.74. The summed E-state index contributed by atoms with van der Waals surface area (Å²) >= 11 is 11.7. The zero-order valence-corrected chi connectivity index (χ0v) is 9.96. The number of rotatable bonds is 3. The molecule has 6 heteroatoms. The molecule has 0 aliphatic carbocycles. The molecule has 0 saturated carbocycles. The minimum atomic E-state index is -1.11. The third kappa shape index (κ3) is 3.48. The number of hydrogen-bond acceptors (Lipinski definition) is 3. The van der Waals surface area contributed by atoms with Gasteiger partial charge in [0.05, 0.1) is 16.3 Å². The predicted molar refractivity (Wildman–Crippen MR) is 63.9 cm³/mol. The van der Waals surface area contributed by atoms with E-state index in [1.54, 1.807) is 18.2 Å². The second-order valence-corrected chi connectivity index (χ2v) is 3.86. The first kappa shape index (κ1) is 13.0. The molecule has 0 aliphatic rings. The Hall–Kier alpha value is -1.10. The van der Waals surface area contributed by atoms with Gasteiger partial charge < -0.3 is 5.11 Å². The maximum absolute atomic E-state index is 11.0. The molecule has 1 rings (SSSR count). The number of aliphatic hydroxyl groups is 1. The molecule has 1 unspecified atom stereocenters. The summed E-state index contributed by atoms with van der Waals surface area (Å²) in [6.45, 7) is 1.34. The quantitative estimate of drug-likeness (QED) is 0.644. The van der Waals surface area contributed by atoms with E-state index in [0.717, 1.165) is 0 Å². The van der Waals surface area contributed by atoms with Crippen LogP contribution in [0.3, 0.4) is 0 Å². The Morgan fingerprint density at radius 2 is 2.06 bits per heavy atom. The van der Waals surface area contributed by atoms with E-state index < -0.39 is 12.0 Å². The first-order valence-electron chi connectivity index (χ1n) is 4.47. The molecule has 1 atom stereocenters. The van der Waals surface area contributed by atoms with Crippen molar-refractivity contribution in [3.05, 3.63) is 33.8 Å². The Kier molecular flexibility index (Phi) is 4.73. The van der Waals surface area contributed by atoms with Crippen LogP contribution in [0.25, 0.3) is 0 Å². The molecule has 1 aromatic carbocycles. The Labute approximate surface area is 103 Å². The highest BCUT2D eigenvalue weighted by molar-refractivity contribution is 6.38. The van der Waals surface area contributed by atoms with Crippen LogP contribution in [0.15, 0.2) is 23.3 Å². The minimum Gasteiger partial charge on any atom is -0.383 e. The van der Waals surface area contributed by atoms with E-state index >= 15 is 0 Å². The number of hydrogen-bond donors (Lipinski definition) is 2. The number of hydrazone groups is 1. The fourth-order valence-corrected chi connectivity index (χ4v) is 1.38. The monoisotopic (exact) mass is 260 g/mol. The molecule has 1 amide bonds. The molecular formula is C10H10Cl2N2O2. The van der Waals surface area contributed by atoms with Crippen LogP contribution in [0.1, 0.15) is 12.5 Å². The zero-order chi connectivity index (χ0) is 12.1. The number of halogens is 2. The second-order valence-electron chi connectivity index (χ2n) is 3.05. The van der Waals surface area contributed by atoms with Crippen molar-refractivity contribution < 1.29 is 9.90 Å². The summed E-state index contributed by atoms with van der Waals surface area (Å²) in [7, 11) is 0. The summed E-state index contributed by atoms with van der Waals surface area (Å²) < 4.78 is 0. The second kappa shape index (κ2) is 5.84. The minimum absolute atomic E-state index is 0.433. The Bertz CT molecular complexity index is 399. The van der Waals surface area contributed by atoms with E-state index in [1.807, 2.05) is 0 Å². The molecule has 16 heavy (non-hydrogen) atoms. The Morgan fingerprint density at radius 1 is 1.50 bits per heavy atom. The SMILES string of the molecule is CC(O)C(=O)N/N=C/c1c(Cl)cccc1Cl. The standard InChI is InChI=1S/C10H10Cl2N2O2/c1-6(15)10(16)14-13-5-7-8(11)3-2-4-9(7)12/h2-6,15H,1H3,(H,14,16)/b13-5+. The zero-order valence-electron chi connectivity index (χ0n) is 8.45. The van der Waals surface area contributed by atoms with Crippen LogP contribution < -0.4 is 5.43 Å². The van der Waals surface area contributed by atoms with Crippen molar-refractivity contribution in [2.75, 3.05) is 0 Å². The van der Waals surface area contributed by atoms with Gasteiger partial charge in [-0.2, -0.15) is 5.10 Å². The van der Waals surface area contributed by atoms with Gasteiger partial charge in [0.2, 0.25) is 0 Å². The van der Waals surface area contributed by atoms with Gasteiger partial charge in [-0.1, -0.05) is 29.3 Å². The number of benzene rings is 1. The van der Waals surface area contributed by atoms with E-state index in [2.05, 4.69) is 10.5 Å². The summed E-state index contributed by atoms with van der Waals surface area (Å²) in [4.78, 5) is 11.0. The normalized spacial score (nSPS) is 12.8. The molecule has 0 radical (unpaired) electrons. The molecule has 0 spiro atoms. The maximum Gasteiger partial charge on any atom is 0.268 e. The lowest BCUT2D eigenvalue weighted by atomic mass is 10.2. The van der Waals surface area contributed by atoms with Gasteiger partial charge in [-0.15, -0.1) is 0 Å². The molecule has 0 bridgehead atoms. The van der Waals surface area contributed by atoms with E-state index in [4.69, 9.17) is 28.3 Å². The van der Waals surface area contributed by atoms with Gasteiger partial charge in [0.15, 0.2) is 0 Å². The third-order valence-electron chi connectivity index (χ3n) is 1.75. The van der Waals surface area contributed by atoms with Gasteiger partial charge in [0.25, 0.3) is 5.91 Å². The summed E-state index contributed by atoms with van der Waals surface area (Å²) in [5, 5.41) is 13.4. The molecule has 0 fully saturated rings. The number of amides is 1. The van der Waals surface area contributed by atoms with Gasteiger partial charge in [0.1, 0.15) is 6.10 Å². The Morgan fingerprint density at radius 3 is 2.56 bits per heavy atom. The molecule has 4 nitrogen and oxygen atoms in total. The van der Waals surface area contributed by atoms with Crippen molar-refractivity contribution in [1.29, 1.82) is 0 Å². The van der Waals surface area contributed by atoms with Crippen LogP contribution in [-0.4, -0.2) is 23.3 Å². The van der Waals surface area contributed by atoms with Crippen LogP contribution in [0.5, 0.6) is 0 Å². The number of carbonyl (C=O) groups excluding carboxylic acids is 1. The van der Waals surface area contributed by atoms with Crippen molar-refractivity contribution in [2.24, 2.45) is 5.10 Å². The first-order chi connectivity index (χ1) is 7.52. The van der Waals surface area contributed by atoms with Crippen LogP contribution in [-0.2, 0) is 4.79 Å². The molecule has 0 aromatic heterocycles. The number of aliphatic hydroxyl groups excluding tert-OH is 1. The summed E-state index contributed by atoms with van der Waals surface area (Å²) in [6, 6.07) is 5.02. The van der Waals surface area contributed by atoms with E-state index in [9.17, 15) is 4.79 Å². The van der Waals surface area contributed by atoms with E-state index in [-0.39, 0.29) is 0 Å². The molecule has 0 saturated heterocycles. The van der Waals surface area contributed by atoms with Crippen molar-refractivity contribution in [1.82, 2.24) is 5.43 Å². The lowest BCUT2D eigenvalue weighted by Crippen LogP contribution is -2.28. The van der Waals surface area contributed by atoms with Gasteiger partial charge in [-0.25, -0.2) is 5.43 Å². The molecule has 2 N–H and O–H groups in total. The fourth-order valence-electron chi connectivity index (χ4n) is 0.888. The number of nitrogens with one attached hydrogen (secondary N) is 1. The van der Waals surface area contributed by atoms with Crippen LogP contribution in [0.2, 0.25) is 10.0 Å². The smallest absolute Gasteiger partial charge is 0.268 e. The predicted octanol–water partition coefficient (Wildman–Crippen LogP) is 1.82. The third-order valence-corrected chi connectivity index (χ3v) is 2.41. The molecule has 0 aliphatic heterocycles. The average Bonchev–Trinajstić information content (AvgIpc) is 2.22. The summed E-state index contributed by atoms with van der Waals surface area (Å²) in [6.07, 6.45) is 0.212. The highest BCUT2D eigenvalue weighted by Gasteiger charge is 2.06. The topological polar surface area (TPSA) is 61.7 Å². The molecule has 0 heterocycles. The maximum atomic E-state index is 11.0. The van der Waals surface area contributed by atoms with Crippen molar-refractivity contribution in [3.8, 4) is 0 Å². The van der Waals surface area contributed by atoms with Gasteiger partial charge in [-0.3, -0.25) is 4.79 Å². The highest BCUT2D eigenvalue weighted by atomic mass is 35.5. The van der Waals surface area contributed by atoms with Crippen LogP contribution >= 0.6 is 23.2 Å². The van der Waals surface area contributed by atoms with Crippen LogP contribution in [0.4, 0.5) is 0 Å². The van der Waals surface area contributed by atoms with Crippen molar-refractivity contribution in [3.63, 3.8) is 0 Å².